The number of nitrogens with one attached hydrogen (secondary N) is 1. The number of aryl methyl sites for hydroxylation is 1. The van der Waals surface area contributed by atoms with Gasteiger partial charge < -0.3 is 9.88 Å². The molecule has 0 unspecified atom stereocenters. The smallest absolute Gasteiger partial charge is 0.275 e. The molecule has 1 N–H and O–H groups in total. The SMILES string of the molecule is Cc1ccc(N2C(=O)c3cc4ccsc4n3C[C@]2(C)C(=O)NC2CCCCC2)cc1. The number of aromatic nitrogens is 1. The van der Waals surface area contributed by atoms with Crippen LogP contribution in [-0.4, -0.2) is 28.0 Å². The number of thiophene rings is 1. The second-order valence-electron chi connectivity index (χ2n) is 8.86. The lowest BCUT2D eigenvalue weighted by atomic mass is 9.91. The largest absolute Gasteiger partial charge is 0.351 e. The molecule has 1 fully saturated rings. The van der Waals surface area contributed by atoms with Gasteiger partial charge in [-0.15, -0.1) is 11.3 Å². The standard InChI is InChI=1S/C24H27N3O2S/c1-16-8-10-19(11-9-16)27-21(28)20-14-17-12-13-30-22(17)26(20)15-24(27,2)23(29)25-18-6-4-3-5-7-18/h8-14,18H,3-7,15H2,1-2H3,(H,25,29)/t24-/m1/s1. The summed E-state index contributed by atoms with van der Waals surface area (Å²) in [6, 6.07) is 12.1. The summed E-state index contributed by atoms with van der Waals surface area (Å²) in [6.45, 7) is 4.38. The molecule has 156 valence electrons. The molecule has 0 saturated heterocycles. The predicted molar refractivity (Wildman–Crippen MR) is 121 cm³/mol. The maximum absolute atomic E-state index is 13.7. The van der Waals surface area contributed by atoms with Gasteiger partial charge in [-0.05, 0) is 56.3 Å². The summed E-state index contributed by atoms with van der Waals surface area (Å²) in [6.07, 6.45) is 5.58. The van der Waals surface area contributed by atoms with Gasteiger partial charge in [0.25, 0.3) is 5.91 Å². The summed E-state index contributed by atoms with van der Waals surface area (Å²) in [7, 11) is 0. The number of benzene rings is 1. The van der Waals surface area contributed by atoms with Crippen LogP contribution in [0.15, 0.2) is 41.8 Å². The Morgan fingerprint density at radius 3 is 2.60 bits per heavy atom. The second-order valence-corrected chi connectivity index (χ2v) is 9.75. The highest BCUT2D eigenvalue weighted by Crippen LogP contribution is 2.37. The molecule has 0 radical (unpaired) electrons. The van der Waals surface area contributed by atoms with Gasteiger partial charge in [-0.3, -0.25) is 14.5 Å². The summed E-state index contributed by atoms with van der Waals surface area (Å²) >= 11 is 1.62. The highest BCUT2D eigenvalue weighted by molar-refractivity contribution is 7.16. The van der Waals surface area contributed by atoms with Gasteiger partial charge in [0.15, 0.2) is 0 Å². The van der Waals surface area contributed by atoms with Crippen LogP contribution in [0.2, 0.25) is 0 Å². The molecule has 1 saturated carbocycles. The zero-order valence-corrected chi connectivity index (χ0v) is 18.3. The molecule has 1 aromatic carbocycles. The van der Waals surface area contributed by atoms with Crippen molar-refractivity contribution in [3.63, 3.8) is 0 Å². The first kappa shape index (κ1) is 19.4. The van der Waals surface area contributed by atoms with E-state index in [1.54, 1.807) is 16.2 Å². The number of amides is 2. The normalized spacial score (nSPS) is 22.3. The molecule has 2 amide bonds. The van der Waals surface area contributed by atoms with Crippen molar-refractivity contribution >= 4 is 39.1 Å². The quantitative estimate of drug-likeness (QED) is 0.655. The zero-order chi connectivity index (χ0) is 20.9. The molecule has 5 rings (SSSR count). The number of carbonyl (C=O) groups is 2. The number of rotatable bonds is 3. The molecule has 2 aliphatic rings. The van der Waals surface area contributed by atoms with Gasteiger partial charge >= 0.3 is 0 Å². The summed E-state index contributed by atoms with van der Waals surface area (Å²) in [5, 5.41) is 6.38. The number of hydrogen-bond acceptors (Lipinski definition) is 3. The molecule has 30 heavy (non-hydrogen) atoms. The Balaban J connectivity index is 1.59. The van der Waals surface area contributed by atoms with Gasteiger partial charge in [0.05, 0.1) is 6.54 Å². The van der Waals surface area contributed by atoms with Crippen molar-refractivity contribution < 1.29 is 9.59 Å². The van der Waals surface area contributed by atoms with E-state index in [4.69, 9.17) is 0 Å². The first-order valence-corrected chi connectivity index (χ1v) is 11.6. The molecule has 1 aliphatic carbocycles. The molecule has 0 bridgehead atoms. The molecule has 1 atom stereocenters. The third-order valence-corrected chi connectivity index (χ3v) is 7.56. The Bertz CT molecular complexity index is 1110. The minimum Gasteiger partial charge on any atom is -0.351 e. The molecule has 3 heterocycles. The molecule has 1 aliphatic heterocycles. The van der Waals surface area contributed by atoms with Crippen LogP contribution in [0.5, 0.6) is 0 Å². The van der Waals surface area contributed by atoms with Crippen molar-refractivity contribution in [2.45, 2.75) is 64.1 Å². The molecule has 3 aromatic rings. The Hall–Kier alpha value is -2.60. The summed E-state index contributed by atoms with van der Waals surface area (Å²) in [5.74, 6) is -0.179. The van der Waals surface area contributed by atoms with E-state index in [1.807, 2.05) is 60.2 Å². The fourth-order valence-corrected chi connectivity index (χ4v) is 5.78. The minimum atomic E-state index is -0.993. The maximum atomic E-state index is 13.7. The van der Waals surface area contributed by atoms with Crippen molar-refractivity contribution in [2.75, 3.05) is 4.90 Å². The number of anilines is 1. The molecule has 0 spiro atoms. The van der Waals surface area contributed by atoms with Crippen LogP contribution in [0.1, 0.15) is 55.1 Å². The monoisotopic (exact) mass is 421 g/mol. The average Bonchev–Trinajstić information content (AvgIpc) is 3.33. The molecule has 2 aromatic heterocycles. The molecule has 5 nitrogen and oxygen atoms in total. The average molecular weight is 422 g/mol. The number of carbonyl (C=O) groups excluding carboxylic acids is 2. The van der Waals surface area contributed by atoms with E-state index in [0.29, 0.717) is 12.2 Å². The van der Waals surface area contributed by atoms with Gasteiger partial charge in [-0.25, -0.2) is 0 Å². The first-order chi connectivity index (χ1) is 14.5. The van der Waals surface area contributed by atoms with Crippen LogP contribution in [0.4, 0.5) is 5.69 Å². The highest BCUT2D eigenvalue weighted by Gasteiger charge is 2.49. The zero-order valence-electron chi connectivity index (χ0n) is 17.5. The lowest BCUT2D eigenvalue weighted by molar-refractivity contribution is -0.127. The Morgan fingerprint density at radius 1 is 1.13 bits per heavy atom. The fraction of sp³-hybridized carbons (Fsp3) is 0.417. The van der Waals surface area contributed by atoms with Crippen molar-refractivity contribution in [1.29, 1.82) is 0 Å². The van der Waals surface area contributed by atoms with E-state index in [-0.39, 0.29) is 17.9 Å². The van der Waals surface area contributed by atoms with Crippen LogP contribution in [-0.2, 0) is 11.3 Å². The van der Waals surface area contributed by atoms with E-state index in [0.717, 1.165) is 47.2 Å². The molecule has 6 heteroatoms. The highest BCUT2D eigenvalue weighted by atomic mass is 32.1. The van der Waals surface area contributed by atoms with Crippen LogP contribution in [0.3, 0.4) is 0 Å². The number of fused-ring (bicyclic) bond motifs is 3. The predicted octanol–water partition coefficient (Wildman–Crippen LogP) is 4.88. The number of hydrogen-bond donors (Lipinski definition) is 1. The Kier molecular flexibility index (Phi) is 4.69. The third-order valence-electron chi connectivity index (χ3n) is 6.61. The molecular formula is C24H27N3O2S. The summed E-state index contributed by atoms with van der Waals surface area (Å²) < 4.78 is 2.04. The van der Waals surface area contributed by atoms with E-state index in [1.165, 1.54) is 6.42 Å². The third kappa shape index (κ3) is 3.05. The lowest BCUT2D eigenvalue weighted by Crippen LogP contribution is -2.65. The van der Waals surface area contributed by atoms with Gasteiger partial charge in [-0.1, -0.05) is 37.0 Å². The lowest BCUT2D eigenvalue weighted by Gasteiger charge is -2.44. The van der Waals surface area contributed by atoms with Crippen LogP contribution < -0.4 is 10.2 Å². The fourth-order valence-electron chi connectivity index (χ4n) is 4.88. The number of nitrogens with zero attached hydrogens (tertiary/aromatic N) is 2. The van der Waals surface area contributed by atoms with E-state index >= 15 is 0 Å². The minimum absolute atomic E-state index is 0.0626. The van der Waals surface area contributed by atoms with E-state index in [9.17, 15) is 9.59 Å². The summed E-state index contributed by atoms with van der Waals surface area (Å²) in [5.41, 5.74) is 1.55. The van der Waals surface area contributed by atoms with E-state index in [2.05, 4.69) is 5.32 Å². The van der Waals surface area contributed by atoms with E-state index < -0.39 is 5.54 Å². The van der Waals surface area contributed by atoms with Crippen molar-refractivity contribution in [1.82, 2.24) is 9.88 Å². The first-order valence-electron chi connectivity index (χ1n) is 10.8. The second kappa shape index (κ2) is 7.27. The Labute approximate surface area is 180 Å². The van der Waals surface area contributed by atoms with Crippen LogP contribution in [0, 0.1) is 6.92 Å². The summed E-state index contributed by atoms with van der Waals surface area (Å²) in [4.78, 5) is 30.2. The molecular weight excluding hydrogens is 394 g/mol. The van der Waals surface area contributed by atoms with Crippen LogP contribution >= 0.6 is 11.3 Å². The van der Waals surface area contributed by atoms with Crippen LogP contribution in [0.25, 0.3) is 10.2 Å². The van der Waals surface area contributed by atoms with Gasteiger partial charge in [0, 0.05) is 17.1 Å². The Morgan fingerprint density at radius 2 is 1.87 bits per heavy atom. The van der Waals surface area contributed by atoms with Gasteiger partial charge in [0.1, 0.15) is 16.1 Å². The van der Waals surface area contributed by atoms with Gasteiger partial charge in [0.2, 0.25) is 5.91 Å². The topological polar surface area (TPSA) is 54.3 Å². The van der Waals surface area contributed by atoms with Crippen molar-refractivity contribution in [3.05, 3.63) is 53.0 Å². The van der Waals surface area contributed by atoms with Crippen molar-refractivity contribution in [3.8, 4) is 0 Å². The van der Waals surface area contributed by atoms with Gasteiger partial charge in [-0.2, -0.15) is 0 Å². The van der Waals surface area contributed by atoms with Crippen molar-refractivity contribution in [2.24, 2.45) is 0 Å². The maximum Gasteiger partial charge on any atom is 0.275 e.